The first-order chi connectivity index (χ1) is 15.9. The molecule has 1 saturated heterocycles. The molecule has 11 heteroatoms. The Labute approximate surface area is 191 Å². The number of piperidine rings is 1. The van der Waals surface area contributed by atoms with Gasteiger partial charge in [0.15, 0.2) is 5.43 Å². The van der Waals surface area contributed by atoms with Crippen molar-refractivity contribution < 1.29 is 41.8 Å². The number of rotatable bonds is 3. The molecule has 3 heterocycles. The van der Waals surface area contributed by atoms with Crippen LogP contribution < -0.4 is 5.43 Å². The van der Waals surface area contributed by atoms with E-state index < -0.39 is 41.1 Å². The third kappa shape index (κ3) is 4.23. The SMILES string of the molecule is Cc1cc(-c2cc(=O)c3c(O)cc(O)c([C@H]4CCN(C)C[C@H]4OC(=O)C(F)(F)F)c3o2)c(C)o1. The molecule has 0 spiro atoms. The molecule has 2 aromatic heterocycles. The summed E-state index contributed by atoms with van der Waals surface area (Å²) in [5, 5.41) is 20.8. The maximum atomic E-state index is 12.9. The van der Waals surface area contributed by atoms with Crippen molar-refractivity contribution in [2.24, 2.45) is 0 Å². The lowest BCUT2D eigenvalue weighted by atomic mass is 9.85. The van der Waals surface area contributed by atoms with E-state index in [2.05, 4.69) is 0 Å². The fraction of sp³-hybridized carbons (Fsp3) is 0.391. The number of furan rings is 1. The van der Waals surface area contributed by atoms with Gasteiger partial charge in [0.05, 0.1) is 5.56 Å². The monoisotopic (exact) mass is 481 g/mol. The molecule has 2 atom stereocenters. The Bertz CT molecular complexity index is 1320. The highest BCUT2D eigenvalue weighted by molar-refractivity contribution is 5.90. The van der Waals surface area contributed by atoms with E-state index in [4.69, 9.17) is 13.6 Å². The van der Waals surface area contributed by atoms with Gasteiger partial charge in [-0.15, -0.1) is 0 Å². The van der Waals surface area contributed by atoms with Crippen molar-refractivity contribution in [3.05, 3.63) is 45.5 Å². The molecule has 4 rings (SSSR count). The highest BCUT2D eigenvalue weighted by atomic mass is 19.4. The van der Waals surface area contributed by atoms with E-state index >= 15 is 0 Å². The summed E-state index contributed by atoms with van der Waals surface area (Å²) in [6.45, 7) is 3.74. The van der Waals surface area contributed by atoms with Gasteiger partial charge in [0, 0.05) is 30.2 Å². The molecule has 3 aromatic rings. The molecule has 1 aliphatic rings. The average molecular weight is 481 g/mol. The van der Waals surface area contributed by atoms with Crippen molar-refractivity contribution in [3.8, 4) is 22.8 Å². The number of likely N-dealkylation sites (tertiary alicyclic amines) is 1. The highest BCUT2D eigenvalue weighted by Gasteiger charge is 2.45. The Kier molecular flexibility index (Phi) is 5.84. The molecule has 0 radical (unpaired) electrons. The molecule has 182 valence electrons. The molecule has 1 aromatic carbocycles. The van der Waals surface area contributed by atoms with Crippen molar-refractivity contribution in [2.45, 2.75) is 38.5 Å². The van der Waals surface area contributed by atoms with Crippen molar-refractivity contribution in [2.75, 3.05) is 20.1 Å². The van der Waals surface area contributed by atoms with Crippen LogP contribution in [-0.4, -0.2) is 53.5 Å². The van der Waals surface area contributed by atoms with Crippen LogP contribution in [0.1, 0.15) is 29.4 Å². The zero-order valence-electron chi connectivity index (χ0n) is 18.5. The molecule has 1 aliphatic heterocycles. The van der Waals surface area contributed by atoms with Crippen LogP contribution in [0.3, 0.4) is 0 Å². The number of carbonyl (C=O) groups is 1. The summed E-state index contributed by atoms with van der Waals surface area (Å²) in [5.74, 6) is -3.22. The first-order valence-electron chi connectivity index (χ1n) is 10.4. The predicted octanol–water partition coefficient (Wildman–Crippen LogP) is 3.97. The molecule has 0 amide bonds. The number of aryl methyl sites for hydroxylation is 2. The second kappa shape index (κ2) is 8.39. The number of nitrogens with zero attached hydrogens (tertiary/aromatic N) is 1. The lowest BCUT2D eigenvalue weighted by molar-refractivity contribution is -0.207. The molecule has 0 unspecified atom stereocenters. The summed E-state index contributed by atoms with van der Waals surface area (Å²) in [6, 6.07) is 3.74. The van der Waals surface area contributed by atoms with Crippen LogP contribution in [0, 0.1) is 13.8 Å². The van der Waals surface area contributed by atoms with Gasteiger partial charge in [-0.3, -0.25) is 4.79 Å². The summed E-state index contributed by atoms with van der Waals surface area (Å²) in [4.78, 5) is 26.2. The Balaban J connectivity index is 1.92. The van der Waals surface area contributed by atoms with E-state index in [9.17, 15) is 33.0 Å². The number of ether oxygens (including phenoxy) is 1. The summed E-state index contributed by atoms with van der Waals surface area (Å²) in [6.07, 6.45) is -6.30. The number of fused-ring (bicyclic) bond motifs is 1. The van der Waals surface area contributed by atoms with Crippen molar-refractivity contribution in [3.63, 3.8) is 0 Å². The van der Waals surface area contributed by atoms with E-state index in [1.807, 2.05) is 0 Å². The van der Waals surface area contributed by atoms with Crippen LogP contribution in [0.25, 0.3) is 22.3 Å². The van der Waals surface area contributed by atoms with Gasteiger partial charge >= 0.3 is 12.1 Å². The number of halogens is 3. The first-order valence-corrected chi connectivity index (χ1v) is 10.4. The van der Waals surface area contributed by atoms with Crippen LogP contribution in [0.4, 0.5) is 13.2 Å². The van der Waals surface area contributed by atoms with Crippen LogP contribution in [-0.2, 0) is 9.53 Å². The Morgan fingerprint density at radius 3 is 2.47 bits per heavy atom. The smallest absolute Gasteiger partial charge is 0.490 e. The van der Waals surface area contributed by atoms with Crippen LogP contribution >= 0.6 is 0 Å². The van der Waals surface area contributed by atoms with Crippen molar-refractivity contribution in [1.29, 1.82) is 0 Å². The number of aromatic hydroxyl groups is 2. The average Bonchev–Trinajstić information content (AvgIpc) is 3.06. The molecular formula is C23H22F3NO7. The normalized spacial score (nSPS) is 19.5. The zero-order chi connectivity index (χ0) is 24.9. The van der Waals surface area contributed by atoms with E-state index in [0.717, 1.165) is 12.1 Å². The Morgan fingerprint density at radius 1 is 1.15 bits per heavy atom. The molecule has 2 N–H and O–H groups in total. The predicted molar refractivity (Wildman–Crippen MR) is 114 cm³/mol. The number of likely N-dealkylation sites (N-methyl/N-ethyl adjacent to an activating group) is 1. The quantitative estimate of drug-likeness (QED) is 0.541. The standard InChI is InChI=1S/C23H22F3NO7/c1-10-6-13(11(2)32-10)17-8-16(30)20-15(29)7-14(28)19(21(20)33-17)12-4-5-27(3)9-18(12)34-22(31)23(24,25)26/h6-8,12,18,28-29H,4-5,9H2,1-3H3/t12-,18+/m0/s1. The van der Waals surface area contributed by atoms with Gasteiger partial charge in [-0.05, 0) is 39.9 Å². The maximum absolute atomic E-state index is 12.9. The molecule has 0 bridgehead atoms. The Morgan fingerprint density at radius 2 is 1.85 bits per heavy atom. The number of esters is 1. The summed E-state index contributed by atoms with van der Waals surface area (Å²) < 4.78 is 55.0. The molecule has 0 aliphatic carbocycles. The fourth-order valence-electron chi connectivity index (χ4n) is 4.41. The minimum atomic E-state index is -5.20. The van der Waals surface area contributed by atoms with Gasteiger partial charge in [-0.25, -0.2) is 4.79 Å². The third-order valence-corrected chi connectivity index (χ3v) is 5.93. The second-order valence-electron chi connectivity index (χ2n) is 8.43. The Hall–Kier alpha value is -3.47. The van der Waals surface area contributed by atoms with Crippen molar-refractivity contribution in [1.82, 2.24) is 4.90 Å². The van der Waals surface area contributed by atoms with Gasteiger partial charge in [-0.1, -0.05) is 0 Å². The number of alkyl halides is 3. The van der Waals surface area contributed by atoms with Crippen LogP contribution in [0.15, 0.2) is 31.8 Å². The van der Waals surface area contributed by atoms with Crippen molar-refractivity contribution >= 4 is 16.9 Å². The highest BCUT2D eigenvalue weighted by Crippen LogP contribution is 2.44. The van der Waals surface area contributed by atoms with E-state index in [0.29, 0.717) is 23.6 Å². The van der Waals surface area contributed by atoms with Gasteiger partial charge in [-0.2, -0.15) is 13.2 Å². The number of hydrogen-bond acceptors (Lipinski definition) is 8. The summed E-state index contributed by atoms with van der Waals surface area (Å²) in [7, 11) is 1.65. The summed E-state index contributed by atoms with van der Waals surface area (Å²) in [5.41, 5.74) is -0.364. The summed E-state index contributed by atoms with van der Waals surface area (Å²) >= 11 is 0. The number of benzene rings is 1. The van der Waals surface area contributed by atoms with Gasteiger partial charge in [0.25, 0.3) is 0 Å². The largest absolute Gasteiger partial charge is 0.507 e. The third-order valence-electron chi connectivity index (χ3n) is 5.93. The fourth-order valence-corrected chi connectivity index (χ4v) is 4.41. The number of phenolic OH excluding ortho intramolecular Hbond substituents is 2. The molecule has 0 saturated carbocycles. The van der Waals surface area contributed by atoms with E-state index in [1.54, 1.807) is 31.9 Å². The lowest BCUT2D eigenvalue weighted by Crippen LogP contribution is -2.45. The topological polar surface area (TPSA) is 113 Å². The van der Waals surface area contributed by atoms with Crippen LogP contribution in [0.5, 0.6) is 11.5 Å². The van der Waals surface area contributed by atoms with Crippen LogP contribution in [0.2, 0.25) is 0 Å². The minimum absolute atomic E-state index is 0.0160. The molecule has 8 nitrogen and oxygen atoms in total. The van der Waals surface area contributed by atoms with Gasteiger partial charge in [0.2, 0.25) is 0 Å². The van der Waals surface area contributed by atoms with Gasteiger partial charge < -0.3 is 28.7 Å². The number of phenols is 2. The van der Waals surface area contributed by atoms with Gasteiger partial charge in [0.1, 0.15) is 45.9 Å². The minimum Gasteiger partial charge on any atom is -0.507 e. The maximum Gasteiger partial charge on any atom is 0.490 e. The second-order valence-corrected chi connectivity index (χ2v) is 8.43. The number of hydrogen-bond donors (Lipinski definition) is 2. The zero-order valence-corrected chi connectivity index (χ0v) is 18.5. The van der Waals surface area contributed by atoms with E-state index in [-0.39, 0.29) is 35.3 Å². The molecular weight excluding hydrogens is 459 g/mol. The first kappa shape index (κ1) is 23.7. The molecule has 34 heavy (non-hydrogen) atoms. The van der Waals surface area contributed by atoms with E-state index in [1.165, 1.54) is 0 Å². The number of carbonyl (C=O) groups excluding carboxylic acids is 1. The molecule has 1 fully saturated rings. The lowest BCUT2D eigenvalue weighted by Gasteiger charge is -2.36.